The molecular weight excluding hydrogens is 444 g/mol. The van der Waals surface area contributed by atoms with Gasteiger partial charge >= 0.3 is 6.09 Å². The molecule has 1 aromatic carbocycles. The van der Waals surface area contributed by atoms with E-state index in [2.05, 4.69) is 25.7 Å². The minimum Gasteiger partial charge on any atom is -0.441 e. The van der Waals surface area contributed by atoms with Crippen LogP contribution < -0.4 is 15.0 Å². The molecule has 1 N–H and O–H groups in total. The lowest BCUT2D eigenvalue weighted by Crippen LogP contribution is -2.39. The van der Waals surface area contributed by atoms with Crippen molar-refractivity contribution in [1.82, 2.24) is 20.4 Å². The molecule has 0 atom stereocenters. The molecule has 1 amide bonds. The summed E-state index contributed by atoms with van der Waals surface area (Å²) >= 11 is 0. The van der Waals surface area contributed by atoms with Crippen LogP contribution in [0.15, 0.2) is 60.8 Å². The van der Waals surface area contributed by atoms with Gasteiger partial charge in [0.25, 0.3) is 0 Å². The Bertz CT molecular complexity index is 1050. The smallest absolute Gasteiger partial charge is 0.416 e. The maximum Gasteiger partial charge on any atom is 0.416 e. The second-order valence-corrected chi connectivity index (χ2v) is 8.22. The van der Waals surface area contributed by atoms with Crippen molar-refractivity contribution in [2.24, 2.45) is 5.92 Å². The topological polar surface area (TPSA) is 102 Å². The molecule has 3 aromatic rings. The number of nitrogens with zero attached hydrogens (tertiary/aromatic N) is 5. The molecule has 9 nitrogen and oxygen atoms in total. The Morgan fingerprint density at radius 2 is 1.85 bits per heavy atom. The first-order chi connectivity index (χ1) is 15.7. The van der Waals surface area contributed by atoms with Crippen LogP contribution in [0.2, 0.25) is 0 Å². The fourth-order valence-electron chi connectivity index (χ4n) is 4.23. The molecule has 2 aromatic heterocycles. The Labute approximate surface area is 197 Å². The summed E-state index contributed by atoms with van der Waals surface area (Å²) < 4.78 is 11.5. The summed E-state index contributed by atoms with van der Waals surface area (Å²) in [5, 5.41) is 19.6. The minimum atomic E-state index is -0.429. The lowest BCUT2D eigenvalue weighted by molar-refractivity contribution is 0.0148. The summed E-state index contributed by atoms with van der Waals surface area (Å²) in [5.41, 5.74) is -0.429. The standard InChI is InChI=1S/C23H24N6O3.ClH/c30-22-29(20-7-4-14-25-27-20)16-23(32-22)12-10-17(11-13-23)15-24-19-8-9-21(28-26-19)31-18-5-2-1-3-6-18;/h1-9,14,17H,10-13,15-16H2,(H,24,26);1H. The largest absolute Gasteiger partial charge is 0.441 e. The number of hydrogen-bond donors (Lipinski definition) is 1. The number of benzene rings is 1. The van der Waals surface area contributed by atoms with E-state index >= 15 is 0 Å². The third-order valence-electron chi connectivity index (χ3n) is 6.00. The van der Waals surface area contributed by atoms with Crippen LogP contribution in [-0.4, -0.2) is 45.2 Å². The van der Waals surface area contributed by atoms with Gasteiger partial charge in [-0.3, -0.25) is 4.90 Å². The molecule has 1 saturated carbocycles. The fraction of sp³-hybridized carbons (Fsp3) is 0.348. The van der Waals surface area contributed by atoms with Crippen molar-refractivity contribution in [3.8, 4) is 11.6 Å². The quantitative estimate of drug-likeness (QED) is 0.565. The van der Waals surface area contributed by atoms with E-state index in [4.69, 9.17) is 9.47 Å². The van der Waals surface area contributed by atoms with Gasteiger partial charge in [-0.05, 0) is 61.9 Å². The monoisotopic (exact) mass is 468 g/mol. The number of anilines is 2. The molecular formula is C23H25ClN6O3. The maximum absolute atomic E-state index is 12.4. The number of para-hydroxylation sites is 1. The summed E-state index contributed by atoms with van der Waals surface area (Å²) in [5.74, 6) is 2.91. The number of amides is 1. The third kappa shape index (κ3) is 5.31. The number of halogens is 1. The van der Waals surface area contributed by atoms with Gasteiger partial charge in [0.2, 0.25) is 5.88 Å². The zero-order chi connectivity index (χ0) is 21.8. The summed E-state index contributed by atoms with van der Waals surface area (Å²) in [6.45, 7) is 1.32. The van der Waals surface area contributed by atoms with Crippen molar-refractivity contribution in [1.29, 1.82) is 0 Å². The highest BCUT2D eigenvalue weighted by molar-refractivity contribution is 5.89. The number of carbonyl (C=O) groups excluding carboxylic acids is 1. The Morgan fingerprint density at radius 1 is 1.03 bits per heavy atom. The van der Waals surface area contributed by atoms with Crippen LogP contribution >= 0.6 is 12.4 Å². The highest BCUT2D eigenvalue weighted by Gasteiger charge is 2.48. The number of aromatic nitrogens is 4. The number of carbonyl (C=O) groups is 1. The van der Waals surface area contributed by atoms with Crippen LogP contribution in [0.1, 0.15) is 25.7 Å². The molecule has 2 aliphatic rings. The van der Waals surface area contributed by atoms with Crippen molar-refractivity contribution in [3.63, 3.8) is 0 Å². The molecule has 10 heteroatoms. The summed E-state index contributed by atoms with van der Waals surface area (Å²) in [6, 6.07) is 16.7. The Hall–Kier alpha value is -3.46. The third-order valence-corrected chi connectivity index (χ3v) is 6.00. The first-order valence-corrected chi connectivity index (χ1v) is 10.8. The predicted octanol–water partition coefficient (Wildman–Crippen LogP) is 4.48. The van der Waals surface area contributed by atoms with E-state index in [1.54, 1.807) is 29.3 Å². The van der Waals surface area contributed by atoms with Crippen molar-refractivity contribution in [2.75, 3.05) is 23.3 Å². The lowest BCUT2D eigenvalue weighted by Gasteiger charge is -2.35. The van der Waals surface area contributed by atoms with Gasteiger partial charge in [-0.2, -0.15) is 5.10 Å². The van der Waals surface area contributed by atoms with Gasteiger partial charge in [0.1, 0.15) is 17.2 Å². The highest BCUT2D eigenvalue weighted by atomic mass is 35.5. The van der Waals surface area contributed by atoms with Crippen LogP contribution in [0, 0.1) is 5.92 Å². The van der Waals surface area contributed by atoms with Crippen LogP contribution in [0.25, 0.3) is 0 Å². The van der Waals surface area contributed by atoms with Crippen molar-refractivity contribution < 1.29 is 14.3 Å². The van der Waals surface area contributed by atoms with Gasteiger partial charge in [0.15, 0.2) is 5.82 Å². The van der Waals surface area contributed by atoms with Gasteiger partial charge < -0.3 is 14.8 Å². The molecule has 1 spiro atoms. The highest BCUT2D eigenvalue weighted by Crippen LogP contribution is 2.40. The molecule has 0 radical (unpaired) electrons. The van der Waals surface area contributed by atoms with Gasteiger partial charge in [-0.25, -0.2) is 4.79 Å². The van der Waals surface area contributed by atoms with Gasteiger partial charge in [0.05, 0.1) is 6.54 Å². The Balaban J connectivity index is 0.00000259. The molecule has 1 aliphatic heterocycles. The Kier molecular flexibility index (Phi) is 6.88. The molecule has 0 unspecified atom stereocenters. The molecule has 5 rings (SSSR count). The number of nitrogens with one attached hydrogen (secondary N) is 1. The maximum atomic E-state index is 12.4. The summed E-state index contributed by atoms with van der Waals surface area (Å²) in [6.07, 6.45) is 4.85. The van der Waals surface area contributed by atoms with Crippen molar-refractivity contribution >= 4 is 30.1 Å². The molecule has 1 aliphatic carbocycles. The lowest BCUT2D eigenvalue weighted by atomic mass is 9.78. The van der Waals surface area contributed by atoms with E-state index in [-0.39, 0.29) is 18.5 Å². The van der Waals surface area contributed by atoms with Crippen LogP contribution in [0.4, 0.5) is 16.4 Å². The zero-order valence-corrected chi connectivity index (χ0v) is 18.8. The SMILES string of the molecule is Cl.O=C1OC2(CCC(CNc3ccc(Oc4ccccc4)nn3)CC2)CN1c1cccnn1. The van der Waals surface area contributed by atoms with E-state index in [1.807, 2.05) is 36.4 Å². The predicted molar refractivity (Wildman–Crippen MR) is 125 cm³/mol. The van der Waals surface area contributed by atoms with Crippen LogP contribution in [-0.2, 0) is 4.74 Å². The molecule has 3 heterocycles. The summed E-state index contributed by atoms with van der Waals surface area (Å²) in [7, 11) is 0. The number of ether oxygens (including phenoxy) is 2. The normalized spacial score (nSPS) is 21.9. The average Bonchev–Trinajstić information content (AvgIpc) is 3.16. The zero-order valence-electron chi connectivity index (χ0n) is 18.0. The van der Waals surface area contributed by atoms with E-state index in [9.17, 15) is 4.79 Å². The number of hydrogen-bond acceptors (Lipinski definition) is 8. The fourth-order valence-corrected chi connectivity index (χ4v) is 4.23. The van der Waals surface area contributed by atoms with Crippen molar-refractivity contribution in [2.45, 2.75) is 31.3 Å². The van der Waals surface area contributed by atoms with Crippen molar-refractivity contribution in [3.05, 3.63) is 60.8 Å². The van der Waals surface area contributed by atoms with E-state index in [0.29, 0.717) is 30.0 Å². The first kappa shape index (κ1) is 22.7. The minimum absolute atomic E-state index is 0. The summed E-state index contributed by atoms with van der Waals surface area (Å²) in [4.78, 5) is 14.0. The second-order valence-electron chi connectivity index (χ2n) is 8.22. The molecule has 1 saturated heterocycles. The van der Waals surface area contributed by atoms with E-state index in [1.165, 1.54) is 0 Å². The van der Waals surface area contributed by atoms with Crippen LogP contribution in [0.3, 0.4) is 0 Å². The van der Waals surface area contributed by atoms with E-state index < -0.39 is 5.60 Å². The van der Waals surface area contributed by atoms with Gasteiger partial charge in [-0.15, -0.1) is 27.7 Å². The molecule has 0 bridgehead atoms. The number of rotatable bonds is 6. The molecule has 2 fully saturated rings. The van der Waals surface area contributed by atoms with Gasteiger partial charge in [-0.1, -0.05) is 18.2 Å². The van der Waals surface area contributed by atoms with Gasteiger partial charge in [0, 0.05) is 18.8 Å². The first-order valence-electron chi connectivity index (χ1n) is 10.8. The molecule has 172 valence electrons. The van der Waals surface area contributed by atoms with Crippen LogP contribution in [0.5, 0.6) is 11.6 Å². The Morgan fingerprint density at radius 3 is 2.55 bits per heavy atom. The average molecular weight is 469 g/mol. The second kappa shape index (κ2) is 9.99. The molecule has 33 heavy (non-hydrogen) atoms. The van der Waals surface area contributed by atoms with E-state index in [0.717, 1.165) is 38.0 Å².